The van der Waals surface area contributed by atoms with E-state index in [9.17, 15) is 9.59 Å². The van der Waals surface area contributed by atoms with Crippen molar-refractivity contribution in [1.29, 1.82) is 0 Å². The molecule has 3 N–H and O–H groups in total. The van der Waals surface area contributed by atoms with Crippen molar-refractivity contribution in [3.63, 3.8) is 0 Å². The first-order chi connectivity index (χ1) is 8.51. The fraction of sp³-hybridized carbons (Fsp3) is 0.385. The monoisotopic (exact) mass is 250 g/mol. The van der Waals surface area contributed by atoms with E-state index in [1.165, 1.54) is 7.11 Å². The second kappa shape index (κ2) is 6.76. The lowest BCUT2D eigenvalue weighted by Gasteiger charge is -2.08. The predicted molar refractivity (Wildman–Crippen MR) is 69.1 cm³/mol. The Bertz CT molecular complexity index is 430. The first-order valence-electron chi connectivity index (χ1n) is 5.72. The van der Waals surface area contributed by atoms with Gasteiger partial charge in [0.15, 0.2) is 0 Å². The van der Waals surface area contributed by atoms with Crippen molar-refractivity contribution < 1.29 is 14.3 Å². The summed E-state index contributed by atoms with van der Waals surface area (Å²) in [6, 6.07) is 6.91. The number of esters is 1. The van der Waals surface area contributed by atoms with Gasteiger partial charge in [0.05, 0.1) is 13.5 Å². The maximum atomic E-state index is 11.5. The molecule has 0 aromatic heterocycles. The Morgan fingerprint density at radius 3 is 2.78 bits per heavy atom. The number of ether oxygens (including phenoxy) is 1. The fourth-order valence-electron chi connectivity index (χ4n) is 1.50. The summed E-state index contributed by atoms with van der Waals surface area (Å²) in [5, 5.41) is 2.73. The third-order valence-electron chi connectivity index (χ3n) is 2.29. The lowest BCUT2D eigenvalue weighted by molar-refractivity contribution is -0.139. The summed E-state index contributed by atoms with van der Waals surface area (Å²) >= 11 is 0. The first-order valence-corrected chi connectivity index (χ1v) is 5.72. The highest BCUT2D eigenvalue weighted by atomic mass is 16.5. The normalized spacial score (nSPS) is 11.7. The zero-order valence-corrected chi connectivity index (χ0v) is 10.6. The molecule has 0 bridgehead atoms. The van der Waals surface area contributed by atoms with Gasteiger partial charge in [0.25, 0.3) is 0 Å². The van der Waals surface area contributed by atoms with Gasteiger partial charge in [-0.15, -0.1) is 0 Å². The molecule has 0 saturated heterocycles. The molecule has 0 heterocycles. The molecule has 0 spiro atoms. The van der Waals surface area contributed by atoms with Crippen LogP contribution in [-0.2, 0) is 20.7 Å². The van der Waals surface area contributed by atoms with E-state index in [2.05, 4.69) is 10.1 Å². The average molecular weight is 250 g/mol. The summed E-state index contributed by atoms with van der Waals surface area (Å²) < 4.78 is 4.58. The van der Waals surface area contributed by atoms with Gasteiger partial charge in [-0.05, 0) is 24.6 Å². The predicted octanol–water partition coefficient (Wildman–Crippen LogP) is 1.08. The minimum absolute atomic E-state index is 0.139. The number of rotatable bonds is 5. The SMILES string of the molecule is COC(=O)Cc1cccc(NC(=O)CC(C)N)c1. The van der Waals surface area contributed by atoms with Gasteiger partial charge >= 0.3 is 5.97 Å². The second-order valence-electron chi connectivity index (χ2n) is 4.18. The number of carbonyl (C=O) groups is 2. The van der Waals surface area contributed by atoms with E-state index in [4.69, 9.17) is 5.73 Å². The lowest BCUT2D eigenvalue weighted by atomic mass is 10.1. The topological polar surface area (TPSA) is 81.4 Å². The fourth-order valence-corrected chi connectivity index (χ4v) is 1.50. The molecule has 0 aliphatic rings. The number of hydrogen-bond acceptors (Lipinski definition) is 4. The van der Waals surface area contributed by atoms with Gasteiger partial charge in [-0.3, -0.25) is 9.59 Å². The number of anilines is 1. The van der Waals surface area contributed by atoms with Crippen LogP contribution >= 0.6 is 0 Å². The van der Waals surface area contributed by atoms with E-state index in [-0.39, 0.29) is 30.8 Å². The van der Waals surface area contributed by atoms with E-state index in [0.29, 0.717) is 5.69 Å². The van der Waals surface area contributed by atoms with Crippen molar-refractivity contribution in [2.45, 2.75) is 25.8 Å². The lowest BCUT2D eigenvalue weighted by Crippen LogP contribution is -2.24. The molecule has 5 nitrogen and oxygen atoms in total. The minimum Gasteiger partial charge on any atom is -0.469 e. The van der Waals surface area contributed by atoms with Crippen LogP contribution in [0.2, 0.25) is 0 Å². The van der Waals surface area contributed by atoms with Crippen LogP contribution in [-0.4, -0.2) is 25.0 Å². The average Bonchev–Trinajstić information content (AvgIpc) is 2.28. The highest BCUT2D eigenvalue weighted by Crippen LogP contribution is 2.12. The molecule has 1 aromatic carbocycles. The maximum Gasteiger partial charge on any atom is 0.309 e. The third-order valence-corrected chi connectivity index (χ3v) is 2.29. The Morgan fingerprint density at radius 2 is 2.17 bits per heavy atom. The molecule has 0 fully saturated rings. The van der Waals surface area contributed by atoms with Crippen molar-refractivity contribution in [1.82, 2.24) is 0 Å². The number of benzene rings is 1. The first kappa shape index (κ1) is 14.2. The number of nitrogens with one attached hydrogen (secondary N) is 1. The van der Waals surface area contributed by atoms with Crippen LogP contribution in [0.25, 0.3) is 0 Å². The number of carbonyl (C=O) groups excluding carboxylic acids is 2. The highest BCUT2D eigenvalue weighted by molar-refractivity contribution is 5.91. The van der Waals surface area contributed by atoms with Gasteiger partial charge in [-0.2, -0.15) is 0 Å². The molecular formula is C13H18N2O3. The van der Waals surface area contributed by atoms with Crippen molar-refractivity contribution >= 4 is 17.6 Å². The van der Waals surface area contributed by atoms with Crippen LogP contribution in [0, 0.1) is 0 Å². The van der Waals surface area contributed by atoms with E-state index < -0.39 is 0 Å². The summed E-state index contributed by atoms with van der Waals surface area (Å²) in [7, 11) is 1.34. The molecule has 0 radical (unpaired) electrons. The van der Waals surface area contributed by atoms with E-state index in [1.54, 1.807) is 31.2 Å². The van der Waals surface area contributed by atoms with Crippen LogP contribution in [0.15, 0.2) is 24.3 Å². The van der Waals surface area contributed by atoms with Crippen LogP contribution in [0.5, 0.6) is 0 Å². The summed E-state index contributed by atoms with van der Waals surface area (Å²) in [5.41, 5.74) is 6.99. The Morgan fingerprint density at radius 1 is 1.44 bits per heavy atom. The van der Waals surface area contributed by atoms with Gasteiger partial charge in [0.2, 0.25) is 5.91 Å². The smallest absolute Gasteiger partial charge is 0.309 e. The largest absolute Gasteiger partial charge is 0.469 e. The molecule has 1 rings (SSSR count). The molecule has 0 saturated carbocycles. The standard InChI is InChI=1S/C13H18N2O3/c1-9(14)6-12(16)15-11-5-3-4-10(7-11)8-13(17)18-2/h3-5,7,9H,6,8,14H2,1-2H3,(H,15,16). The summed E-state index contributed by atoms with van der Waals surface area (Å²) in [6.07, 6.45) is 0.453. The molecule has 1 amide bonds. The van der Waals surface area contributed by atoms with Crippen LogP contribution in [0.4, 0.5) is 5.69 Å². The molecular weight excluding hydrogens is 232 g/mol. The van der Waals surface area contributed by atoms with Crippen molar-refractivity contribution in [3.05, 3.63) is 29.8 Å². The molecule has 1 unspecified atom stereocenters. The van der Waals surface area contributed by atoms with Gasteiger partial charge < -0.3 is 15.8 Å². The molecule has 0 aliphatic carbocycles. The molecule has 0 aliphatic heterocycles. The zero-order chi connectivity index (χ0) is 13.5. The van der Waals surface area contributed by atoms with Gasteiger partial charge in [0.1, 0.15) is 0 Å². The Kier molecular flexibility index (Phi) is 5.32. The number of amides is 1. The zero-order valence-electron chi connectivity index (χ0n) is 10.6. The Hall–Kier alpha value is -1.88. The second-order valence-corrected chi connectivity index (χ2v) is 4.18. The minimum atomic E-state index is -0.311. The quantitative estimate of drug-likeness (QED) is 0.766. The number of hydrogen-bond donors (Lipinski definition) is 2. The van der Waals surface area contributed by atoms with Crippen molar-refractivity contribution in [2.24, 2.45) is 5.73 Å². The Labute approximate surface area is 106 Å². The molecule has 5 heteroatoms. The summed E-state index contributed by atoms with van der Waals surface area (Å²) in [6.45, 7) is 1.77. The van der Waals surface area contributed by atoms with E-state index in [1.807, 2.05) is 0 Å². The van der Waals surface area contributed by atoms with Gasteiger partial charge in [-0.1, -0.05) is 12.1 Å². The van der Waals surface area contributed by atoms with Crippen molar-refractivity contribution in [3.8, 4) is 0 Å². The molecule has 98 valence electrons. The van der Waals surface area contributed by atoms with Crippen LogP contribution in [0.3, 0.4) is 0 Å². The van der Waals surface area contributed by atoms with E-state index in [0.717, 1.165) is 5.56 Å². The van der Waals surface area contributed by atoms with Gasteiger partial charge in [0, 0.05) is 18.2 Å². The maximum absolute atomic E-state index is 11.5. The number of nitrogens with two attached hydrogens (primary N) is 1. The van der Waals surface area contributed by atoms with E-state index >= 15 is 0 Å². The van der Waals surface area contributed by atoms with Crippen LogP contribution < -0.4 is 11.1 Å². The third kappa shape index (κ3) is 4.97. The summed E-state index contributed by atoms with van der Waals surface area (Å²) in [5.74, 6) is -0.450. The number of methoxy groups -OCH3 is 1. The molecule has 1 atom stereocenters. The highest BCUT2D eigenvalue weighted by Gasteiger charge is 2.07. The van der Waals surface area contributed by atoms with Crippen LogP contribution in [0.1, 0.15) is 18.9 Å². The molecule has 1 aromatic rings. The van der Waals surface area contributed by atoms with Gasteiger partial charge in [-0.25, -0.2) is 0 Å². The molecule has 18 heavy (non-hydrogen) atoms. The summed E-state index contributed by atoms with van der Waals surface area (Å²) in [4.78, 5) is 22.7. The Balaban J connectivity index is 2.64. The van der Waals surface area contributed by atoms with Crippen molar-refractivity contribution in [2.75, 3.05) is 12.4 Å².